The molecule has 2 N–H and O–H groups in total. The highest BCUT2D eigenvalue weighted by atomic mass is 19.4. The number of hydrogen-bond acceptors (Lipinski definition) is 3. The summed E-state index contributed by atoms with van der Waals surface area (Å²) in [5, 5.41) is 16.7. The molecule has 0 saturated heterocycles. The van der Waals surface area contributed by atoms with Gasteiger partial charge < -0.3 is 5.11 Å². The van der Waals surface area contributed by atoms with Crippen molar-refractivity contribution in [3.05, 3.63) is 0 Å². The Hall–Kier alpha value is -0.750. The van der Waals surface area contributed by atoms with Crippen LogP contribution in [0.1, 0.15) is 60.3 Å². The molecule has 0 aromatic rings. The van der Waals surface area contributed by atoms with Crippen molar-refractivity contribution in [3.8, 4) is 0 Å². The predicted molar refractivity (Wildman–Crippen MR) is 90.7 cm³/mol. The van der Waals surface area contributed by atoms with Gasteiger partial charge in [-0.25, -0.2) is 18.1 Å². The third kappa shape index (κ3) is 5.17. The molecule has 0 radical (unpaired) electrons. The molecule has 182 valence electrons. The van der Waals surface area contributed by atoms with Gasteiger partial charge in [0.05, 0.1) is 12.0 Å². The standard InChI is InChI=1S/C10H12F6O.C6H11F3.C2H6O2/c1-7(17,10(14,15)16)8(11)5-2-3-6(4-5)9(8,12)13;1-4-5(2,3)6(7,8)9;1-2-4-3/h5-6,17H,2-4H2,1H3;4H2,1-3H3;3H,2H2,1H3. The van der Waals surface area contributed by atoms with Gasteiger partial charge in [0, 0.05) is 11.8 Å². The average molecular weight is 464 g/mol. The van der Waals surface area contributed by atoms with Crippen molar-refractivity contribution in [2.24, 2.45) is 17.3 Å². The molecule has 12 heteroatoms. The minimum absolute atomic E-state index is 0.0112. The molecule has 4 unspecified atom stereocenters. The van der Waals surface area contributed by atoms with Crippen LogP contribution in [0.25, 0.3) is 0 Å². The molecule has 3 nitrogen and oxygen atoms in total. The lowest BCUT2D eigenvalue weighted by Crippen LogP contribution is -2.68. The second-order valence-corrected chi connectivity index (χ2v) is 8.26. The van der Waals surface area contributed by atoms with Crippen LogP contribution in [0.3, 0.4) is 0 Å². The lowest BCUT2D eigenvalue weighted by molar-refractivity contribution is -0.343. The third-order valence-electron chi connectivity index (χ3n) is 6.03. The first-order valence-corrected chi connectivity index (χ1v) is 9.37. The number of rotatable bonds is 3. The maximum absolute atomic E-state index is 14.3. The van der Waals surface area contributed by atoms with Gasteiger partial charge in [-0.15, -0.1) is 0 Å². The second-order valence-electron chi connectivity index (χ2n) is 8.26. The highest BCUT2D eigenvalue weighted by Crippen LogP contribution is 2.66. The quantitative estimate of drug-likeness (QED) is 0.283. The molecule has 30 heavy (non-hydrogen) atoms. The Bertz CT molecular complexity index is 542. The fourth-order valence-corrected chi connectivity index (χ4v) is 3.37. The Kier molecular flexibility index (Phi) is 9.16. The highest BCUT2D eigenvalue weighted by Gasteiger charge is 2.82. The molecule has 0 aromatic heterocycles. The van der Waals surface area contributed by atoms with E-state index >= 15 is 0 Å². The van der Waals surface area contributed by atoms with Crippen molar-refractivity contribution in [2.75, 3.05) is 6.61 Å². The number of hydrogen-bond donors (Lipinski definition) is 2. The minimum atomic E-state index is -5.42. The molecule has 0 amide bonds. The normalized spacial score (nSPS) is 30.0. The van der Waals surface area contributed by atoms with Crippen LogP contribution in [0.15, 0.2) is 0 Å². The molecule has 0 aromatic carbocycles. The summed E-state index contributed by atoms with van der Waals surface area (Å²) in [6.45, 7) is 6.12. The molecule has 2 rings (SSSR count). The van der Waals surface area contributed by atoms with E-state index in [2.05, 4.69) is 4.89 Å². The van der Waals surface area contributed by atoms with Gasteiger partial charge in [-0.3, -0.25) is 5.26 Å². The summed E-state index contributed by atoms with van der Waals surface area (Å²) < 4.78 is 115. The summed E-state index contributed by atoms with van der Waals surface area (Å²) in [5.41, 5.74) is -9.46. The first-order valence-electron chi connectivity index (χ1n) is 9.37. The number of halogens is 9. The number of alkyl halides is 9. The van der Waals surface area contributed by atoms with Crippen LogP contribution in [0.2, 0.25) is 0 Å². The van der Waals surface area contributed by atoms with Crippen LogP contribution in [-0.4, -0.2) is 46.5 Å². The van der Waals surface area contributed by atoms with E-state index in [0.29, 0.717) is 6.61 Å². The SMILES string of the molecule is CC(O)(C(F)(F)F)C1(F)C2CCC(C2)C1(F)F.CCC(C)(C)C(F)(F)F.CCOO. The Balaban J connectivity index is 0.000000545. The Morgan fingerprint density at radius 1 is 0.867 bits per heavy atom. The fourth-order valence-electron chi connectivity index (χ4n) is 3.37. The van der Waals surface area contributed by atoms with E-state index in [9.17, 15) is 44.6 Å². The lowest BCUT2D eigenvalue weighted by atomic mass is 9.71. The van der Waals surface area contributed by atoms with Gasteiger partial charge in [0.15, 0.2) is 5.60 Å². The molecular weight excluding hydrogens is 435 g/mol. The molecular formula is C18H29F9O3. The van der Waals surface area contributed by atoms with Gasteiger partial charge in [0.25, 0.3) is 5.92 Å². The van der Waals surface area contributed by atoms with Crippen LogP contribution >= 0.6 is 0 Å². The maximum atomic E-state index is 14.3. The van der Waals surface area contributed by atoms with Gasteiger partial charge >= 0.3 is 12.4 Å². The molecule has 2 aliphatic rings. The van der Waals surface area contributed by atoms with E-state index in [1.54, 1.807) is 6.92 Å². The molecule has 2 fully saturated rings. The van der Waals surface area contributed by atoms with E-state index in [4.69, 9.17) is 5.26 Å². The largest absolute Gasteiger partial charge is 0.420 e. The Labute approximate surface area is 169 Å². The first kappa shape index (κ1) is 29.2. The molecule has 0 spiro atoms. The lowest BCUT2D eigenvalue weighted by Gasteiger charge is -2.46. The van der Waals surface area contributed by atoms with E-state index in [0.717, 1.165) is 0 Å². The van der Waals surface area contributed by atoms with Crippen LogP contribution in [0.5, 0.6) is 0 Å². The van der Waals surface area contributed by atoms with Crippen molar-refractivity contribution in [1.29, 1.82) is 0 Å². The van der Waals surface area contributed by atoms with Crippen LogP contribution < -0.4 is 0 Å². The second kappa shape index (κ2) is 9.40. The van der Waals surface area contributed by atoms with Crippen LogP contribution in [0.4, 0.5) is 39.5 Å². The topological polar surface area (TPSA) is 49.7 Å². The van der Waals surface area contributed by atoms with Crippen molar-refractivity contribution in [1.82, 2.24) is 0 Å². The minimum Gasteiger partial charge on any atom is -0.378 e. The van der Waals surface area contributed by atoms with Crippen LogP contribution in [0, 0.1) is 17.3 Å². The zero-order chi connectivity index (χ0) is 24.4. The van der Waals surface area contributed by atoms with E-state index in [-0.39, 0.29) is 32.6 Å². The summed E-state index contributed by atoms with van der Waals surface area (Å²) >= 11 is 0. The zero-order valence-electron chi connectivity index (χ0n) is 17.4. The van der Waals surface area contributed by atoms with Gasteiger partial charge in [-0.1, -0.05) is 20.8 Å². The molecule has 0 aliphatic heterocycles. The Morgan fingerprint density at radius 3 is 1.47 bits per heavy atom. The predicted octanol–water partition coefficient (Wildman–Crippen LogP) is 6.55. The third-order valence-corrected chi connectivity index (χ3v) is 6.03. The van der Waals surface area contributed by atoms with Crippen molar-refractivity contribution >= 4 is 0 Å². The van der Waals surface area contributed by atoms with E-state index < -0.39 is 46.8 Å². The van der Waals surface area contributed by atoms with E-state index in [1.807, 2.05) is 0 Å². The smallest absolute Gasteiger partial charge is 0.378 e. The van der Waals surface area contributed by atoms with Crippen LogP contribution in [-0.2, 0) is 4.89 Å². The first-order chi connectivity index (χ1) is 13.2. The van der Waals surface area contributed by atoms with Gasteiger partial charge in [-0.05, 0) is 39.5 Å². The fraction of sp³-hybridized carbons (Fsp3) is 1.00. The zero-order valence-corrected chi connectivity index (χ0v) is 17.4. The van der Waals surface area contributed by atoms with Crippen molar-refractivity contribution in [2.45, 2.75) is 89.8 Å². The summed E-state index contributed by atoms with van der Waals surface area (Å²) in [6, 6.07) is 0. The molecule has 4 atom stereocenters. The average Bonchev–Trinajstić information content (AvgIpc) is 3.16. The van der Waals surface area contributed by atoms with Gasteiger partial charge in [-0.2, -0.15) is 26.3 Å². The molecule has 2 aliphatic carbocycles. The van der Waals surface area contributed by atoms with Crippen molar-refractivity contribution < 1.29 is 54.8 Å². The molecule has 0 heterocycles. The highest BCUT2D eigenvalue weighted by molar-refractivity contribution is 5.21. The van der Waals surface area contributed by atoms with Gasteiger partial charge in [0.1, 0.15) is 0 Å². The maximum Gasteiger partial charge on any atom is 0.420 e. The summed E-state index contributed by atoms with van der Waals surface area (Å²) in [6.07, 6.45) is -9.66. The van der Waals surface area contributed by atoms with E-state index in [1.165, 1.54) is 20.8 Å². The number of fused-ring (bicyclic) bond motifs is 2. The number of aliphatic hydroxyl groups is 1. The summed E-state index contributed by atoms with van der Waals surface area (Å²) in [5.74, 6) is -6.96. The molecule has 2 saturated carbocycles. The molecule has 2 bridgehead atoms. The monoisotopic (exact) mass is 464 g/mol. The summed E-state index contributed by atoms with van der Waals surface area (Å²) in [7, 11) is 0. The Morgan fingerprint density at radius 2 is 1.27 bits per heavy atom. The van der Waals surface area contributed by atoms with Crippen molar-refractivity contribution in [3.63, 3.8) is 0 Å². The summed E-state index contributed by atoms with van der Waals surface area (Å²) in [4.78, 5) is 3.54. The van der Waals surface area contributed by atoms with Gasteiger partial charge in [0.2, 0.25) is 5.67 Å².